The fraction of sp³-hybridized carbons (Fsp3) is 0.786. The second kappa shape index (κ2) is 64.4. The molecular formula is C70H124O6. The average Bonchev–Trinajstić information content (AvgIpc) is 3.42. The van der Waals surface area contributed by atoms with Gasteiger partial charge in [-0.1, -0.05) is 299 Å². The Morgan fingerprint density at radius 2 is 0.513 bits per heavy atom. The van der Waals surface area contributed by atoms with Gasteiger partial charge in [0.1, 0.15) is 13.2 Å². The molecular weight excluding hydrogens is 937 g/mol. The lowest BCUT2D eigenvalue weighted by Crippen LogP contribution is -2.30. The maximum absolute atomic E-state index is 12.9. The molecule has 6 heteroatoms. The lowest BCUT2D eigenvalue weighted by molar-refractivity contribution is -0.167. The molecule has 0 aliphatic rings. The van der Waals surface area contributed by atoms with Gasteiger partial charge in [-0.15, -0.1) is 0 Å². The maximum Gasteiger partial charge on any atom is 0.306 e. The second-order valence-corrected chi connectivity index (χ2v) is 22.0. The predicted octanol–water partition coefficient (Wildman–Crippen LogP) is 22.5. The molecule has 0 fully saturated rings. The van der Waals surface area contributed by atoms with Crippen LogP contribution in [0.5, 0.6) is 0 Å². The molecule has 0 saturated heterocycles. The minimum Gasteiger partial charge on any atom is -0.462 e. The normalized spacial score (nSPS) is 12.5. The lowest BCUT2D eigenvalue weighted by atomic mass is 10.0. The number of esters is 3. The molecule has 0 aromatic heterocycles. The molecule has 76 heavy (non-hydrogen) atoms. The highest BCUT2D eigenvalue weighted by Crippen LogP contribution is 2.17. The van der Waals surface area contributed by atoms with Crippen LogP contribution in [0.2, 0.25) is 0 Å². The van der Waals surface area contributed by atoms with Crippen LogP contribution in [-0.4, -0.2) is 37.2 Å². The van der Waals surface area contributed by atoms with Crippen molar-refractivity contribution in [2.45, 2.75) is 341 Å². The second-order valence-electron chi connectivity index (χ2n) is 22.0. The number of unbranched alkanes of at least 4 members (excludes halogenated alkanes) is 37. The van der Waals surface area contributed by atoms with E-state index in [0.29, 0.717) is 19.3 Å². The van der Waals surface area contributed by atoms with E-state index in [1.165, 1.54) is 205 Å². The highest BCUT2D eigenvalue weighted by atomic mass is 16.6. The first kappa shape index (κ1) is 72.8. The van der Waals surface area contributed by atoms with E-state index in [1.54, 1.807) is 0 Å². The molecule has 440 valence electrons. The minimum atomic E-state index is -0.774. The van der Waals surface area contributed by atoms with E-state index in [4.69, 9.17) is 14.2 Å². The summed E-state index contributed by atoms with van der Waals surface area (Å²) in [5, 5.41) is 0. The third-order valence-electron chi connectivity index (χ3n) is 14.4. The van der Waals surface area contributed by atoms with Crippen molar-refractivity contribution in [1.82, 2.24) is 0 Å². The van der Waals surface area contributed by atoms with Gasteiger partial charge in [0, 0.05) is 19.3 Å². The van der Waals surface area contributed by atoms with Crippen LogP contribution in [-0.2, 0) is 28.6 Å². The average molecular weight is 1060 g/mol. The van der Waals surface area contributed by atoms with Gasteiger partial charge in [0.15, 0.2) is 6.10 Å². The van der Waals surface area contributed by atoms with E-state index in [1.807, 2.05) is 0 Å². The van der Waals surface area contributed by atoms with Crippen LogP contribution < -0.4 is 0 Å². The fourth-order valence-corrected chi connectivity index (χ4v) is 9.53. The van der Waals surface area contributed by atoms with Gasteiger partial charge in [-0.25, -0.2) is 0 Å². The summed E-state index contributed by atoms with van der Waals surface area (Å²) < 4.78 is 16.9. The Morgan fingerprint density at radius 3 is 0.816 bits per heavy atom. The number of ether oxygens (including phenoxy) is 3. The van der Waals surface area contributed by atoms with Gasteiger partial charge >= 0.3 is 17.9 Å². The van der Waals surface area contributed by atoms with E-state index in [-0.39, 0.29) is 31.1 Å². The Bertz CT molecular complexity index is 1400. The molecule has 0 aromatic rings. The van der Waals surface area contributed by atoms with Crippen LogP contribution in [0.25, 0.3) is 0 Å². The Hall–Kier alpha value is -3.15. The zero-order valence-electron chi connectivity index (χ0n) is 50.5. The van der Waals surface area contributed by atoms with Gasteiger partial charge in [0.2, 0.25) is 0 Å². The smallest absolute Gasteiger partial charge is 0.306 e. The molecule has 0 bridgehead atoms. The Kier molecular flexibility index (Phi) is 61.7. The molecule has 1 unspecified atom stereocenters. The summed E-state index contributed by atoms with van der Waals surface area (Å²) in [7, 11) is 0. The van der Waals surface area contributed by atoms with Crippen molar-refractivity contribution >= 4 is 17.9 Å². The number of carbonyl (C=O) groups excluding carboxylic acids is 3. The lowest BCUT2D eigenvalue weighted by Gasteiger charge is -2.18. The molecule has 0 aliphatic carbocycles. The largest absolute Gasteiger partial charge is 0.462 e. The number of hydrogen-bond acceptors (Lipinski definition) is 6. The van der Waals surface area contributed by atoms with Gasteiger partial charge < -0.3 is 14.2 Å². The zero-order chi connectivity index (χ0) is 55.0. The van der Waals surface area contributed by atoms with Crippen molar-refractivity contribution in [3.05, 3.63) is 72.9 Å². The van der Waals surface area contributed by atoms with Gasteiger partial charge in [-0.05, 0) is 89.9 Å². The first-order chi connectivity index (χ1) is 37.5. The van der Waals surface area contributed by atoms with Gasteiger partial charge in [-0.3, -0.25) is 14.4 Å². The Balaban J connectivity index is 4.12. The summed E-state index contributed by atoms with van der Waals surface area (Å²) in [4.78, 5) is 38.2. The van der Waals surface area contributed by atoms with Crippen molar-refractivity contribution in [2.24, 2.45) is 0 Å². The van der Waals surface area contributed by atoms with Crippen LogP contribution in [0.15, 0.2) is 72.9 Å². The Labute approximate surface area is 472 Å². The topological polar surface area (TPSA) is 78.9 Å². The van der Waals surface area contributed by atoms with E-state index < -0.39 is 6.10 Å². The minimum absolute atomic E-state index is 0.0724. The predicted molar refractivity (Wildman–Crippen MR) is 330 cm³/mol. The van der Waals surface area contributed by atoms with Crippen molar-refractivity contribution in [3.8, 4) is 0 Å². The third-order valence-corrected chi connectivity index (χ3v) is 14.4. The van der Waals surface area contributed by atoms with Gasteiger partial charge in [0.25, 0.3) is 0 Å². The summed E-state index contributed by atoms with van der Waals surface area (Å²) in [6.45, 7) is 6.54. The maximum atomic E-state index is 12.9. The monoisotopic (exact) mass is 1060 g/mol. The highest BCUT2D eigenvalue weighted by molar-refractivity contribution is 5.71. The first-order valence-corrected chi connectivity index (χ1v) is 32.9. The molecule has 0 aliphatic heterocycles. The van der Waals surface area contributed by atoms with Crippen molar-refractivity contribution < 1.29 is 28.6 Å². The summed E-state index contributed by atoms with van der Waals surface area (Å²) in [5.74, 6) is -0.863. The molecule has 0 amide bonds. The number of allylic oxidation sites excluding steroid dienone is 12. The van der Waals surface area contributed by atoms with Crippen LogP contribution in [0.4, 0.5) is 0 Å². The van der Waals surface area contributed by atoms with Gasteiger partial charge in [0.05, 0.1) is 0 Å². The standard InChI is InChI=1S/C70H124O6/c1-4-7-10-13-16-19-21-23-25-27-29-30-31-32-33-34-35-36-37-38-39-40-41-43-44-46-48-51-54-57-60-63-69(72)75-66-67(65-74-68(71)62-59-56-53-50-18-15-12-9-6-3)76-70(73)64-61-58-55-52-49-47-45-42-28-26-24-22-20-17-14-11-8-5-2/h7,10,16,19,23,25-26,28-30,32-33,67H,4-6,8-9,11-15,17-18,20-22,24,27,31,34-66H2,1-3H3/b10-7-,19-16-,25-23-,28-26-,30-29-,33-32-. The van der Waals surface area contributed by atoms with Crippen LogP contribution in [0.1, 0.15) is 335 Å². The van der Waals surface area contributed by atoms with Crippen molar-refractivity contribution in [2.75, 3.05) is 13.2 Å². The molecule has 6 nitrogen and oxygen atoms in total. The molecule has 0 radical (unpaired) electrons. The third kappa shape index (κ3) is 61.7. The van der Waals surface area contributed by atoms with Crippen LogP contribution >= 0.6 is 0 Å². The molecule has 1 atom stereocenters. The molecule has 0 N–H and O–H groups in total. The SMILES string of the molecule is CC/C=C\C/C=C\C/C=C\C/C=C\C/C=C\CCCCCCCCCCCCCCCCCC(=O)OCC(COC(=O)CCCCCCCCCCC)OC(=O)CCCCCCCCC/C=C\CCCCCCCCC. The fourth-order valence-electron chi connectivity index (χ4n) is 9.53. The van der Waals surface area contributed by atoms with Crippen molar-refractivity contribution in [3.63, 3.8) is 0 Å². The van der Waals surface area contributed by atoms with Gasteiger partial charge in [-0.2, -0.15) is 0 Å². The summed E-state index contributed by atoms with van der Waals surface area (Å²) >= 11 is 0. The number of hydrogen-bond donors (Lipinski definition) is 0. The molecule has 0 saturated carbocycles. The van der Waals surface area contributed by atoms with Crippen LogP contribution in [0.3, 0.4) is 0 Å². The van der Waals surface area contributed by atoms with Crippen LogP contribution in [0, 0.1) is 0 Å². The summed E-state index contributed by atoms with van der Waals surface area (Å²) in [6.07, 6.45) is 83.6. The first-order valence-electron chi connectivity index (χ1n) is 32.9. The summed E-state index contributed by atoms with van der Waals surface area (Å²) in [6, 6.07) is 0. The molecule has 0 rings (SSSR count). The van der Waals surface area contributed by atoms with E-state index in [2.05, 4.69) is 93.7 Å². The summed E-state index contributed by atoms with van der Waals surface area (Å²) in [5.41, 5.74) is 0. The highest BCUT2D eigenvalue weighted by Gasteiger charge is 2.19. The number of rotatable bonds is 60. The molecule has 0 spiro atoms. The quantitative estimate of drug-likeness (QED) is 0.0261. The van der Waals surface area contributed by atoms with E-state index in [9.17, 15) is 14.4 Å². The van der Waals surface area contributed by atoms with Crippen molar-refractivity contribution in [1.29, 1.82) is 0 Å². The Morgan fingerprint density at radius 1 is 0.276 bits per heavy atom. The van der Waals surface area contributed by atoms with E-state index >= 15 is 0 Å². The van der Waals surface area contributed by atoms with E-state index in [0.717, 1.165) is 89.9 Å². The number of carbonyl (C=O) groups is 3. The molecule has 0 heterocycles. The molecule has 0 aromatic carbocycles. The zero-order valence-corrected chi connectivity index (χ0v) is 50.5.